The van der Waals surface area contributed by atoms with Crippen molar-refractivity contribution >= 4 is 35.3 Å². The van der Waals surface area contributed by atoms with E-state index < -0.39 is 42.7 Å². The summed E-state index contributed by atoms with van der Waals surface area (Å²) in [5.41, 5.74) is -1.20. The molecule has 5 aromatic rings. The molecule has 49 heavy (non-hydrogen) atoms. The van der Waals surface area contributed by atoms with Gasteiger partial charge in [-0.1, -0.05) is 85.3 Å². The summed E-state index contributed by atoms with van der Waals surface area (Å²) in [5.74, 6) is -1.23. The summed E-state index contributed by atoms with van der Waals surface area (Å²) in [6.45, 7) is 3.98. The lowest BCUT2D eigenvalue weighted by Gasteiger charge is -2.38. The minimum atomic E-state index is -5.14. The van der Waals surface area contributed by atoms with Crippen molar-refractivity contribution in [2.75, 3.05) is 0 Å². The number of thiazole rings is 1. The van der Waals surface area contributed by atoms with E-state index in [4.69, 9.17) is 9.26 Å². The van der Waals surface area contributed by atoms with Crippen LogP contribution in [0.15, 0.2) is 102 Å². The van der Waals surface area contributed by atoms with Crippen LogP contribution in [-0.2, 0) is 34.7 Å². The molecule has 0 aliphatic heterocycles. The van der Waals surface area contributed by atoms with Crippen LogP contribution in [0.1, 0.15) is 53.7 Å². The van der Waals surface area contributed by atoms with E-state index in [1.165, 1.54) is 18.3 Å². The zero-order chi connectivity index (χ0) is 35.2. The maximum absolute atomic E-state index is 14.0. The Balaban J connectivity index is 1.65. The largest absolute Gasteiger partial charge is 0.486 e. The molecule has 2 aromatic heterocycles. The number of phosphoric ester groups is 1. The maximum atomic E-state index is 14.0. The van der Waals surface area contributed by atoms with Crippen LogP contribution in [-0.4, -0.2) is 37.0 Å². The highest BCUT2D eigenvalue weighted by molar-refractivity contribution is 7.46. The van der Waals surface area contributed by atoms with Gasteiger partial charge in [0.1, 0.15) is 17.5 Å². The number of pyridine rings is 1. The Morgan fingerprint density at radius 1 is 1.02 bits per heavy atom. The minimum absolute atomic E-state index is 0.0241. The first-order valence-corrected chi connectivity index (χ1v) is 17.8. The van der Waals surface area contributed by atoms with Gasteiger partial charge in [0.05, 0.1) is 27.5 Å². The van der Waals surface area contributed by atoms with Crippen LogP contribution in [0.25, 0.3) is 10.2 Å². The number of nitrogens with zero attached hydrogens (tertiary/aromatic N) is 3. The molecule has 0 spiro atoms. The molecular weight excluding hydrogens is 678 g/mol. The highest BCUT2D eigenvalue weighted by Gasteiger charge is 2.43. The quantitative estimate of drug-likeness (QED) is 0.120. The van der Waals surface area contributed by atoms with E-state index in [2.05, 4.69) is 9.98 Å². The van der Waals surface area contributed by atoms with Crippen molar-refractivity contribution in [3.05, 3.63) is 124 Å². The van der Waals surface area contributed by atoms with Crippen LogP contribution in [0.4, 0.5) is 13.2 Å². The van der Waals surface area contributed by atoms with Crippen molar-refractivity contribution in [1.82, 2.24) is 9.55 Å². The first-order chi connectivity index (χ1) is 23.3. The summed E-state index contributed by atoms with van der Waals surface area (Å²) in [6.07, 6.45) is -1.15. The Bertz CT molecular complexity index is 2010. The van der Waals surface area contributed by atoms with Crippen LogP contribution >= 0.6 is 19.2 Å². The zero-order valence-corrected chi connectivity index (χ0v) is 28.4. The van der Waals surface area contributed by atoms with E-state index in [-0.39, 0.29) is 23.4 Å². The van der Waals surface area contributed by atoms with Gasteiger partial charge in [-0.05, 0) is 48.7 Å². The number of halogens is 3. The summed E-state index contributed by atoms with van der Waals surface area (Å²) in [6, 6.07) is 21.9. The summed E-state index contributed by atoms with van der Waals surface area (Å²) in [5, 5.41) is 0. The number of carbonyl (C=O) groups excluding carboxylic acids is 1. The van der Waals surface area contributed by atoms with E-state index in [1.54, 1.807) is 79.1 Å². The molecule has 0 aliphatic rings. The number of phosphoric acid groups is 1. The Hall–Kier alpha value is -4.13. The molecule has 0 bridgehead atoms. The van der Waals surface area contributed by atoms with Gasteiger partial charge in [-0.15, -0.1) is 0 Å². The second-order valence-corrected chi connectivity index (χ2v) is 13.9. The fraction of sp³-hybridized carbons (Fsp3) is 0.286. The van der Waals surface area contributed by atoms with Gasteiger partial charge < -0.3 is 19.1 Å². The maximum Gasteiger partial charge on any atom is 0.470 e. The van der Waals surface area contributed by atoms with Crippen LogP contribution in [0.3, 0.4) is 0 Å². The molecule has 14 heteroatoms. The third-order valence-corrected chi connectivity index (χ3v) is 9.61. The van der Waals surface area contributed by atoms with Gasteiger partial charge in [0.15, 0.2) is 4.80 Å². The molecule has 0 saturated heterocycles. The van der Waals surface area contributed by atoms with Gasteiger partial charge in [-0.25, -0.2) is 4.57 Å². The number of fused-ring (bicyclic) bond motifs is 1. The van der Waals surface area contributed by atoms with Crippen molar-refractivity contribution in [1.29, 1.82) is 0 Å². The number of carbonyl (C=O) groups is 1. The van der Waals surface area contributed by atoms with Crippen molar-refractivity contribution in [2.45, 2.75) is 64.0 Å². The number of alkyl halides is 3. The molecule has 1 unspecified atom stereocenters. The lowest BCUT2D eigenvalue weighted by Crippen LogP contribution is -2.48. The molecule has 0 fully saturated rings. The fourth-order valence-corrected chi connectivity index (χ4v) is 7.25. The Morgan fingerprint density at radius 2 is 1.69 bits per heavy atom. The average Bonchev–Trinajstić information content (AvgIpc) is 3.39. The molecule has 2 atom stereocenters. The number of unbranched alkanes of at least 4 members (excludes halogenated alkanes) is 1. The van der Waals surface area contributed by atoms with Crippen molar-refractivity contribution in [3.63, 3.8) is 0 Å². The number of aryl methyl sites for hydroxylation is 1. The van der Waals surface area contributed by atoms with Crippen LogP contribution in [0, 0.1) is 0 Å². The van der Waals surface area contributed by atoms with Crippen molar-refractivity contribution < 1.29 is 41.6 Å². The molecule has 258 valence electrons. The van der Waals surface area contributed by atoms with Gasteiger partial charge >= 0.3 is 14.0 Å². The van der Waals surface area contributed by atoms with E-state index >= 15 is 0 Å². The molecule has 1 amide bonds. The summed E-state index contributed by atoms with van der Waals surface area (Å²) < 4.78 is 68.8. The molecule has 2 heterocycles. The standard InChI is InChI=1S/C35H35F3N3O6PS/c1-3-4-19-41-28-23-39-18-17-30(28)49-33(41)40-32(42)27-21-26(35(36,37)38)15-16-29(27)46-31(20-24-11-7-5-8-12-24)34(2,47-48(43,44)45)22-25-13-9-6-10-14-25/h5-18,21,23,31H,3-4,19-20,22H2,1-2H3,(H2,43,44,45)/t31?,34-/m0/s1. The molecule has 0 saturated carbocycles. The number of benzene rings is 3. The first kappa shape index (κ1) is 36.2. The van der Waals surface area contributed by atoms with Crippen LogP contribution in [0.5, 0.6) is 5.75 Å². The third-order valence-electron chi connectivity index (χ3n) is 7.89. The molecule has 0 radical (unpaired) electrons. The van der Waals surface area contributed by atoms with Gasteiger partial charge in [-0.2, -0.15) is 18.2 Å². The Labute approximate surface area is 285 Å². The van der Waals surface area contributed by atoms with E-state index in [1.807, 2.05) is 11.5 Å². The summed E-state index contributed by atoms with van der Waals surface area (Å²) >= 11 is 1.21. The predicted octanol–water partition coefficient (Wildman–Crippen LogP) is 7.76. The minimum Gasteiger partial charge on any atom is -0.486 e. The molecule has 5 rings (SSSR count). The SMILES string of the molecule is CCCCn1c(=NC(=O)c2cc(C(F)(F)F)ccc2OC(Cc2ccccc2)[C@](C)(Cc2ccccc2)OP(=O)(O)O)sc2ccncc21. The summed E-state index contributed by atoms with van der Waals surface area (Å²) in [4.78, 5) is 42.7. The van der Waals surface area contributed by atoms with Crippen molar-refractivity contribution in [3.8, 4) is 5.75 Å². The smallest absolute Gasteiger partial charge is 0.470 e. The molecular formula is C35H35F3N3O6PS. The number of aromatic nitrogens is 2. The second kappa shape index (κ2) is 15.2. The second-order valence-electron chi connectivity index (χ2n) is 11.7. The number of hydrogen-bond donors (Lipinski definition) is 2. The topological polar surface area (TPSA) is 123 Å². The fourth-order valence-electron chi connectivity index (χ4n) is 5.50. The Kier molecular flexibility index (Phi) is 11.2. The summed E-state index contributed by atoms with van der Waals surface area (Å²) in [7, 11) is -5.14. The van der Waals surface area contributed by atoms with Crippen LogP contribution in [0.2, 0.25) is 0 Å². The first-order valence-electron chi connectivity index (χ1n) is 15.5. The van der Waals surface area contributed by atoms with E-state index in [0.717, 1.165) is 35.2 Å². The molecule has 2 N–H and O–H groups in total. The van der Waals surface area contributed by atoms with Gasteiger partial charge in [0.2, 0.25) is 0 Å². The number of rotatable bonds is 13. The van der Waals surface area contributed by atoms with Crippen LogP contribution < -0.4 is 9.54 Å². The monoisotopic (exact) mass is 713 g/mol. The van der Waals surface area contributed by atoms with Gasteiger partial charge in [-0.3, -0.25) is 14.3 Å². The van der Waals surface area contributed by atoms with Gasteiger partial charge in [0, 0.05) is 25.6 Å². The average molecular weight is 714 g/mol. The predicted molar refractivity (Wildman–Crippen MR) is 180 cm³/mol. The number of hydrogen-bond acceptors (Lipinski definition) is 6. The van der Waals surface area contributed by atoms with E-state index in [0.29, 0.717) is 23.7 Å². The Morgan fingerprint density at radius 3 is 2.33 bits per heavy atom. The highest BCUT2D eigenvalue weighted by atomic mass is 32.1. The molecule has 0 aliphatic carbocycles. The van der Waals surface area contributed by atoms with E-state index in [9.17, 15) is 32.3 Å². The van der Waals surface area contributed by atoms with Crippen molar-refractivity contribution in [2.24, 2.45) is 4.99 Å². The lowest BCUT2D eigenvalue weighted by atomic mass is 9.87. The third kappa shape index (κ3) is 9.31. The number of ether oxygens (including phenoxy) is 1. The van der Waals surface area contributed by atoms with Gasteiger partial charge in [0.25, 0.3) is 5.91 Å². The normalized spacial score (nSPS) is 14.5. The molecule has 3 aromatic carbocycles. The lowest BCUT2D eigenvalue weighted by molar-refractivity contribution is -0.137. The highest BCUT2D eigenvalue weighted by Crippen LogP contribution is 2.45. The number of amides is 1. The zero-order valence-electron chi connectivity index (χ0n) is 26.7. The molecule has 9 nitrogen and oxygen atoms in total.